The highest BCUT2D eigenvalue weighted by Gasteiger charge is 2.12. The van der Waals surface area contributed by atoms with Crippen molar-refractivity contribution in [1.82, 2.24) is 5.43 Å². The van der Waals surface area contributed by atoms with Gasteiger partial charge in [0.2, 0.25) is 0 Å². The molecular weight excluding hydrogens is 307 g/mol. The van der Waals surface area contributed by atoms with E-state index in [1.54, 1.807) is 17.8 Å². The van der Waals surface area contributed by atoms with Gasteiger partial charge in [-0.3, -0.25) is 11.3 Å². The molecule has 2 rings (SSSR count). The van der Waals surface area contributed by atoms with Crippen molar-refractivity contribution < 1.29 is 4.39 Å². The molecule has 112 valence electrons. The van der Waals surface area contributed by atoms with Crippen molar-refractivity contribution in [2.45, 2.75) is 24.3 Å². The third-order valence-electron chi connectivity index (χ3n) is 3.25. The maximum absolute atomic E-state index is 13.1. The Balaban J connectivity index is 1.99. The van der Waals surface area contributed by atoms with Gasteiger partial charge in [-0.15, -0.1) is 11.8 Å². The van der Waals surface area contributed by atoms with E-state index in [4.69, 9.17) is 17.4 Å². The monoisotopic (exact) mass is 324 g/mol. The number of nitrogens with one attached hydrogen (secondary N) is 1. The fourth-order valence-corrected chi connectivity index (χ4v) is 3.34. The Bertz CT molecular complexity index is 607. The molecule has 1 atom stereocenters. The van der Waals surface area contributed by atoms with E-state index in [0.717, 1.165) is 11.3 Å². The average Bonchev–Trinajstić information content (AvgIpc) is 2.47. The van der Waals surface area contributed by atoms with Gasteiger partial charge in [-0.1, -0.05) is 35.9 Å². The molecule has 0 spiro atoms. The maximum atomic E-state index is 13.1. The lowest BCUT2D eigenvalue weighted by atomic mass is 10.1. The molecule has 1 unspecified atom stereocenters. The molecule has 0 bridgehead atoms. The van der Waals surface area contributed by atoms with E-state index in [-0.39, 0.29) is 11.9 Å². The molecule has 0 radical (unpaired) electrons. The Morgan fingerprint density at radius 1 is 1.29 bits per heavy atom. The zero-order valence-electron chi connectivity index (χ0n) is 11.8. The van der Waals surface area contributed by atoms with Gasteiger partial charge >= 0.3 is 0 Å². The average molecular weight is 325 g/mol. The SMILES string of the molecule is Cc1ccccc1SCC(Cc1ccc(F)cc1Cl)NN. The van der Waals surface area contributed by atoms with Crippen molar-refractivity contribution in [1.29, 1.82) is 0 Å². The minimum absolute atomic E-state index is 0.0672. The van der Waals surface area contributed by atoms with Crippen LogP contribution in [-0.2, 0) is 6.42 Å². The molecule has 2 aromatic carbocycles. The van der Waals surface area contributed by atoms with Crippen LogP contribution in [0.5, 0.6) is 0 Å². The largest absolute Gasteiger partial charge is 0.271 e. The van der Waals surface area contributed by atoms with Crippen molar-refractivity contribution in [2.75, 3.05) is 5.75 Å². The third kappa shape index (κ3) is 4.71. The number of benzene rings is 2. The van der Waals surface area contributed by atoms with Gasteiger partial charge in [0.25, 0.3) is 0 Å². The molecule has 0 heterocycles. The molecular formula is C16H18ClFN2S. The molecule has 0 aromatic heterocycles. The second-order valence-corrected chi connectivity index (χ2v) is 6.35. The first-order valence-electron chi connectivity index (χ1n) is 6.68. The second-order valence-electron chi connectivity index (χ2n) is 4.88. The Hall–Kier alpha value is -1.07. The van der Waals surface area contributed by atoms with E-state index in [1.165, 1.54) is 22.6 Å². The molecule has 0 aliphatic carbocycles. The summed E-state index contributed by atoms with van der Waals surface area (Å²) >= 11 is 7.81. The van der Waals surface area contributed by atoms with Crippen LogP contribution in [0.2, 0.25) is 5.02 Å². The van der Waals surface area contributed by atoms with Gasteiger partial charge in [0, 0.05) is 21.7 Å². The summed E-state index contributed by atoms with van der Waals surface area (Å²) in [4.78, 5) is 1.24. The smallest absolute Gasteiger partial charge is 0.124 e. The molecule has 0 saturated carbocycles. The number of hydrazine groups is 1. The van der Waals surface area contributed by atoms with Gasteiger partial charge in [0.1, 0.15) is 5.82 Å². The van der Waals surface area contributed by atoms with Crippen LogP contribution < -0.4 is 11.3 Å². The molecule has 2 aromatic rings. The van der Waals surface area contributed by atoms with E-state index in [0.29, 0.717) is 11.4 Å². The van der Waals surface area contributed by atoms with Gasteiger partial charge < -0.3 is 0 Å². The van der Waals surface area contributed by atoms with Gasteiger partial charge in [-0.2, -0.15) is 0 Å². The van der Waals surface area contributed by atoms with Crippen molar-refractivity contribution >= 4 is 23.4 Å². The quantitative estimate of drug-likeness (QED) is 0.480. The van der Waals surface area contributed by atoms with Crippen molar-refractivity contribution in [3.63, 3.8) is 0 Å². The fourth-order valence-electron chi connectivity index (χ4n) is 2.03. The minimum atomic E-state index is -0.324. The molecule has 0 saturated heterocycles. The van der Waals surface area contributed by atoms with E-state index in [1.807, 2.05) is 12.1 Å². The van der Waals surface area contributed by atoms with Gasteiger partial charge in [-0.05, 0) is 42.7 Å². The molecule has 0 aliphatic heterocycles. The van der Waals surface area contributed by atoms with E-state index >= 15 is 0 Å². The summed E-state index contributed by atoms with van der Waals surface area (Å²) in [6.07, 6.45) is 0.661. The standard InChI is InChI=1S/C16H18ClFN2S/c1-11-4-2-3-5-16(11)21-10-14(20-19)8-12-6-7-13(18)9-15(12)17/h2-7,9,14,20H,8,10,19H2,1H3. The van der Waals surface area contributed by atoms with Crippen molar-refractivity contribution in [2.24, 2.45) is 5.84 Å². The molecule has 2 nitrogen and oxygen atoms in total. The molecule has 5 heteroatoms. The first-order chi connectivity index (χ1) is 10.1. The summed E-state index contributed by atoms with van der Waals surface area (Å²) < 4.78 is 13.1. The van der Waals surface area contributed by atoms with E-state index in [2.05, 4.69) is 24.5 Å². The number of halogens is 2. The lowest BCUT2D eigenvalue weighted by Gasteiger charge is -2.17. The Morgan fingerprint density at radius 2 is 2.05 bits per heavy atom. The van der Waals surface area contributed by atoms with Gasteiger partial charge in [0.05, 0.1) is 0 Å². The first-order valence-corrected chi connectivity index (χ1v) is 8.05. The topological polar surface area (TPSA) is 38.0 Å². The Morgan fingerprint density at radius 3 is 2.71 bits per heavy atom. The minimum Gasteiger partial charge on any atom is -0.271 e. The molecule has 3 N–H and O–H groups in total. The molecule has 0 amide bonds. The van der Waals surface area contributed by atoms with Crippen LogP contribution in [0.1, 0.15) is 11.1 Å². The van der Waals surface area contributed by atoms with E-state index < -0.39 is 0 Å². The molecule has 21 heavy (non-hydrogen) atoms. The summed E-state index contributed by atoms with van der Waals surface area (Å²) in [5.74, 6) is 6.11. The molecule has 0 aliphatic rings. The summed E-state index contributed by atoms with van der Waals surface area (Å²) in [6.45, 7) is 2.09. The molecule has 0 fully saturated rings. The number of hydrogen-bond acceptors (Lipinski definition) is 3. The summed E-state index contributed by atoms with van der Waals surface area (Å²) in [5, 5.41) is 0.441. The van der Waals surface area contributed by atoms with Crippen LogP contribution in [0.4, 0.5) is 4.39 Å². The van der Waals surface area contributed by atoms with Crippen molar-refractivity contribution in [3.8, 4) is 0 Å². The summed E-state index contributed by atoms with van der Waals surface area (Å²) in [5.41, 5.74) is 4.95. The Kier molecular flexibility index (Phi) is 6.06. The van der Waals surface area contributed by atoms with Crippen LogP contribution in [0.15, 0.2) is 47.4 Å². The maximum Gasteiger partial charge on any atom is 0.124 e. The number of nitrogens with two attached hydrogens (primary N) is 1. The van der Waals surface area contributed by atoms with Gasteiger partial charge in [-0.25, -0.2) is 4.39 Å². The number of hydrogen-bond donors (Lipinski definition) is 2. The highest BCUT2D eigenvalue weighted by Crippen LogP contribution is 2.24. The highest BCUT2D eigenvalue weighted by atomic mass is 35.5. The number of aryl methyl sites for hydroxylation is 1. The van der Waals surface area contributed by atoms with Crippen LogP contribution in [0.3, 0.4) is 0 Å². The zero-order chi connectivity index (χ0) is 15.2. The number of thioether (sulfide) groups is 1. The zero-order valence-corrected chi connectivity index (χ0v) is 13.3. The van der Waals surface area contributed by atoms with Crippen LogP contribution in [0.25, 0.3) is 0 Å². The summed E-state index contributed by atoms with van der Waals surface area (Å²) in [6, 6.07) is 12.8. The normalized spacial score (nSPS) is 12.4. The van der Waals surface area contributed by atoms with Crippen LogP contribution in [0, 0.1) is 12.7 Å². The Labute approximate surface area is 133 Å². The first kappa shape index (κ1) is 16.3. The van der Waals surface area contributed by atoms with Crippen molar-refractivity contribution in [3.05, 3.63) is 64.4 Å². The highest BCUT2D eigenvalue weighted by molar-refractivity contribution is 7.99. The fraction of sp³-hybridized carbons (Fsp3) is 0.250. The number of rotatable bonds is 6. The lowest BCUT2D eigenvalue weighted by Crippen LogP contribution is -2.38. The van der Waals surface area contributed by atoms with E-state index in [9.17, 15) is 4.39 Å². The van der Waals surface area contributed by atoms with Crippen LogP contribution in [-0.4, -0.2) is 11.8 Å². The second kappa shape index (κ2) is 7.80. The lowest BCUT2D eigenvalue weighted by molar-refractivity contribution is 0.573. The van der Waals surface area contributed by atoms with Crippen LogP contribution >= 0.6 is 23.4 Å². The van der Waals surface area contributed by atoms with Gasteiger partial charge in [0.15, 0.2) is 0 Å². The predicted octanol–water partition coefficient (Wildman–Crippen LogP) is 3.95. The predicted molar refractivity (Wildman–Crippen MR) is 88.1 cm³/mol. The third-order valence-corrected chi connectivity index (χ3v) is 4.94. The summed E-state index contributed by atoms with van der Waals surface area (Å²) in [7, 11) is 0.